The summed E-state index contributed by atoms with van der Waals surface area (Å²) in [5, 5.41) is 3.12. The summed E-state index contributed by atoms with van der Waals surface area (Å²) in [6.07, 6.45) is 0. The second-order valence-electron chi connectivity index (χ2n) is 5.16. The van der Waals surface area contributed by atoms with Gasteiger partial charge in [0.05, 0.1) is 17.2 Å². The summed E-state index contributed by atoms with van der Waals surface area (Å²) in [6, 6.07) is 5.47. The van der Waals surface area contributed by atoms with Gasteiger partial charge in [0, 0.05) is 24.0 Å². The van der Waals surface area contributed by atoms with Crippen molar-refractivity contribution in [1.82, 2.24) is 14.9 Å². The lowest BCUT2D eigenvalue weighted by molar-refractivity contribution is 0.0777. The largest absolute Gasteiger partial charge is 0.334 e. The predicted molar refractivity (Wildman–Crippen MR) is 81.0 cm³/mol. The molecule has 2 aromatic rings. The first kappa shape index (κ1) is 14.7. The fourth-order valence-electron chi connectivity index (χ4n) is 1.83. The highest BCUT2D eigenvalue weighted by Crippen LogP contribution is 2.20. The Morgan fingerprint density at radius 2 is 2.10 bits per heavy atom. The van der Waals surface area contributed by atoms with Crippen LogP contribution in [0.3, 0.4) is 0 Å². The van der Waals surface area contributed by atoms with E-state index in [1.54, 1.807) is 29.4 Å². The first-order valence-electron chi connectivity index (χ1n) is 6.61. The number of pyridine rings is 1. The lowest BCUT2D eigenvalue weighted by Gasteiger charge is -2.15. The van der Waals surface area contributed by atoms with Crippen molar-refractivity contribution >= 4 is 17.2 Å². The van der Waals surface area contributed by atoms with Crippen LogP contribution in [0.1, 0.15) is 46.6 Å². The van der Waals surface area contributed by atoms with Gasteiger partial charge in [0.1, 0.15) is 5.69 Å². The highest BCUT2D eigenvalue weighted by molar-refractivity contribution is 7.09. The van der Waals surface area contributed by atoms with Crippen molar-refractivity contribution in [3.05, 3.63) is 45.7 Å². The highest BCUT2D eigenvalue weighted by Gasteiger charge is 2.15. The number of hydrogen-bond acceptors (Lipinski definition) is 4. The molecule has 0 aliphatic carbocycles. The van der Waals surface area contributed by atoms with Crippen molar-refractivity contribution in [2.45, 2.75) is 33.2 Å². The fraction of sp³-hybridized carbons (Fsp3) is 0.400. The molecule has 0 radical (unpaired) electrons. The quantitative estimate of drug-likeness (QED) is 0.868. The van der Waals surface area contributed by atoms with E-state index >= 15 is 0 Å². The molecule has 0 fully saturated rings. The minimum absolute atomic E-state index is 0.0761. The Labute approximate surface area is 123 Å². The third kappa shape index (κ3) is 3.42. The highest BCUT2D eigenvalue weighted by atomic mass is 32.1. The van der Waals surface area contributed by atoms with Crippen LogP contribution in [-0.4, -0.2) is 27.8 Å². The van der Waals surface area contributed by atoms with Crippen LogP contribution in [0.5, 0.6) is 0 Å². The molecule has 0 aromatic carbocycles. The summed E-state index contributed by atoms with van der Waals surface area (Å²) in [6.45, 7) is 6.63. The van der Waals surface area contributed by atoms with Crippen LogP contribution in [0.15, 0.2) is 23.6 Å². The van der Waals surface area contributed by atoms with E-state index in [4.69, 9.17) is 0 Å². The zero-order valence-corrected chi connectivity index (χ0v) is 13.1. The molecule has 20 heavy (non-hydrogen) atoms. The Morgan fingerprint density at radius 1 is 1.35 bits per heavy atom. The molecule has 1 amide bonds. The van der Waals surface area contributed by atoms with Gasteiger partial charge < -0.3 is 4.90 Å². The van der Waals surface area contributed by atoms with Crippen LogP contribution >= 0.6 is 11.3 Å². The zero-order valence-electron chi connectivity index (χ0n) is 12.3. The van der Waals surface area contributed by atoms with Gasteiger partial charge in [-0.25, -0.2) is 9.97 Å². The molecule has 0 aliphatic rings. The number of nitrogens with zero attached hydrogens (tertiary/aromatic N) is 3. The van der Waals surface area contributed by atoms with Gasteiger partial charge in [0.2, 0.25) is 0 Å². The number of amides is 1. The second-order valence-corrected chi connectivity index (χ2v) is 6.05. The summed E-state index contributed by atoms with van der Waals surface area (Å²) in [5.41, 5.74) is 2.26. The number of aromatic nitrogens is 2. The number of rotatable bonds is 4. The lowest BCUT2D eigenvalue weighted by atomic mass is 10.2. The van der Waals surface area contributed by atoms with Gasteiger partial charge in [0.25, 0.3) is 5.91 Å². The van der Waals surface area contributed by atoms with Gasteiger partial charge in [-0.3, -0.25) is 4.79 Å². The number of carbonyl (C=O) groups excluding carboxylic acids is 1. The number of thiazole rings is 1. The normalized spacial score (nSPS) is 10.8. The van der Waals surface area contributed by atoms with Gasteiger partial charge in [-0.1, -0.05) is 19.9 Å². The molecule has 0 aliphatic heterocycles. The Balaban J connectivity index is 2.07. The van der Waals surface area contributed by atoms with Gasteiger partial charge in [-0.15, -0.1) is 11.3 Å². The number of aryl methyl sites for hydroxylation is 1. The van der Waals surface area contributed by atoms with Crippen LogP contribution in [0.25, 0.3) is 0 Å². The van der Waals surface area contributed by atoms with Gasteiger partial charge in [-0.05, 0) is 19.1 Å². The molecule has 0 saturated carbocycles. The van der Waals surface area contributed by atoms with Crippen molar-refractivity contribution in [2.24, 2.45) is 0 Å². The summed E-state index contributed by atoms with van der Waals surface area (Å²) >= 11 is 1.64. The topological polar surface area (TPSA) is 46.1 Å². The first-order chi connectivity index (χ1) is 9.47. The van der Waals surface area contributed by atoms with Crippen LogP contribution in [0.2, 0.25) is 0 Å². The number of hydrogen-bond donors (Lipinski definition) is 0. The molecule has 0 atom stereocenters. The van der Waals surface area contributed by atoms with E-state index in [9.17, 15) is 4.79 Å². The molecule has 0 spiro atoms. The Hall–Kier alpha value is -1.75. The molecule has 106 valence electrons. The summed E-state index contributed by atoms with van der Waals surface area (Å²) in [4.78, 5) is 22.7. The fourth-order valence-corrected chi connectivity index (χ4v) is 2.66. The van der Waals surface area contributed by atoms with E-state index < -0.39 is 0 Å². The SMILES string of the molecule is Cc1cccc(C(=O)N(C)Cc2csc(C(C)C)n2)n1. The standard InChI is InChI=1S/C15H19N3OS/c1-10(2)14-17-12(9-20-14)8-18(4)15(19)13-7-5-6-11(3)16-13/h5-7,9-10H,8H2,1-4H3. The molecule has 0 bridgehead atoms. The van der Waals surface area contributed by atoms with Crippen molar-refractivity contribution < 1.29 is 4.79 Å². The molecule has 2 aromatic heterocycles. The maximum Gasteiger partial charge on any atom is 0.272 e. The van der Waals surface area contributed by atoms with Crippen molar-refractivity contribution in [3.8, 4) is 0 Å². The van der Waals surface area contributed by atoms with Crippen molar-refractivity contribution in [1.29, 1.82) is 0 Å². The molecule has 0 saturated heterocycles. The Bertz CT molecular complexity index is 607. The molecule has 5 heteroatoms. The Morgan fingerprint density at radius 3 is 2.70 bits per heavy atom. The Kier molecular flexibility index (Phi) is 4.49. The summed E-state index contributed by atoms with van der Waals surface area (Å²) in [7, 11) is 1.78. The molecule has 4 nitrogen and oxygen atoms in total. The maximum absolute atomic E-state index is 12.3. The zero-order chi connectivity index (χ0) is 14.7. The molecule has 2 heterocycles. The average Bonchev–Trinajstić information content (AvgIpc) is 2.86. The number of carbonyl (C=O) groups is 1. The van der Waals surface area contributed by atoms with E-state index in [2.05, 4.69) is 23.8 Å². The van der Waals surface area contributed by atoms with Gasteiger partial charge in [0.15, 0.2) is 0 Å². The van der Waals surface area contributed by atoms with E-state index in [-0.39, 0.29) is 5.91 Å². The lowest BCUT2D eigenvalue weighted by Crippen LogP contribution is -2.27. The van der Waals surface area contributed by atoms with E-state index in [0.29, 0.717) is 18.2 Å². The third-order valence-corrected chi connectivity index (χ3v) is 4.11. The minimum Gasteiger partial charge on any atom is -0.334 e. The molecular weight excluding hydrogens is 270 g/mol. The predicted octanol–water partition coefficient (Wildman–Crippen LogP) is 3.24. The molecular formula is C15H19N3OS. The van der Waals surface area contributed by atoms with Crippen LogP contribution in [-0.2, 0) is 6.54 Å². The van der Waals surface area contributed by atoms with Gasteiger partial charge >= 0.3 is 0 Å². The van der Waals surface area contributed by atoms with Crippen LogP contribution in [0, 0.1) is 6.92 Å². The van der Waals surface area contributed by atoms with Crippen molar-refractivity contribution in [3.63, 3.8) is 0 Å². The van der Waals surface area contributed by atoms with Crippen LogP contribution < -0.4 is 0 Å². The van der Waals surface area contributed by atoms with Gasteiger partial charge in [-0.2, -0.15) is 0 Å². The van der Waals surface area contributed by atoms with E-state index in [0.717, 1.165) is 16.4 Å². The monoisotopic (exact) mass is 289 g/mol. The van der Waals surface area contributed by atoms with Crippen LogP contribution in [0.4, 0.5) is 0 Å². The molecule has 2 rings (SSSR count). The smallest absolute Gasteiger partial charge is 0.272 e. The minimum atomic E-state index is -0.0761. The van der Waals surface area contributed by atoms with E-state index in [1.807, 2.05) is 24.4 Å². The van der Waals surface area contributed by atoms with E-state index in [1.165, 1.54) is 0 Å². The molecule has 0 N–H and O–H groups in total. The second kappa shape index (κ2) is 6.13. The third-order valence-electron chi connectivity index (χ3n) is 2.92. The maximum atomic E-state index is 12.3. The molecule has 0 unspecified atom stereocenters. The summed E-state index contributed by atoms with van der Waals surface area (Å²) < 4.78 is 0. The first-order valence-corrected chi connectivity index (χ1v) is 7.48. The average molecular weight is 289 g/mol. The summed E-state index contributed by atoms with van der Waals surface area (Å²) in [5.74, 6) is 0.348. The van der Waals surface area contributed by atoms with Crippen molar-refractivity contribution in [2.75, 3.05) is 7.05 Å².